The van der Waals surface area contributed by atoms with Gasteiger partial charge in [0.05, 0.1) is 0 Å². The number of rotatable bonds is 4. The average molecular weight is 296 g/mol. The number of benzene rings is 1. The number of halogens is 1. The quantitative estimate of drug-likeness (QED) is 0.632. The smallest absolute Gasteiger partial charge is 0.231 e. The number of fused-ring (bicyclic) bond motifs is 2. The van der Waals surface area contributed by atoms with Crippen LogP contribution in [0.2, 0.25) is 0 Å². The molecule has 0 fully saturated rings. The summed E-state index contributed by atoms with van der Waals surface area (Å²) in [5.74, 6) is 3.71. The Morgan fingerprint density at radius 3 is 2.95 bits per heavy atom. The maximum atomic E-state index is 5.84. The Hall–Kier alpha value is -1.13. The highest BCUT2D eigenvalue weighted by Gasteiger charge is 2.16. The summed E-state index contributed by atoms with van der Waals surface area (Å²) < 4.78 is 10.8. The van der Waals surface area contributed by atoms with Crippen molar-refractivity contribution in [3.63, 3.8) is 0 Å². The molecule has 3 rings (SSSR count). The molecule has 0 saturated carbocycles. The summed E-state index contributed by atoms with van der Waals surface area (Å²) in [6, 6.07) is 6.01. The summed E-state index contributed by atoms with van der Waals surface area (Å²) in [5.41, 5.74) is 0. The third kappa shape index (κ3) is 2.60. The second-order valence-electron chi connectivity index (χ2n) is 4.61. The van der Waals surface area contributed by atoms with Crippen molar-refractivity contribution in [1.29, 1.82) is 0 Å². The molecule has 100 valence electrons. The van der Waals surface area contributed by atoms with E-state index in [1.54, 1.807) is 11.8 Å². The molecular formula is C14H14ClNO2S. The normalized spacial score (nSPS) is 14.8. The lowest BCUT2D eigenvalue weighted by Crippen LogP contribution is -1.99. The summed E-state index contributed by atoms with van der Waals surface area (Å²) in [5, 5.41) is 3.26. The summed E-state index contributed by atoms with van der Waals surface area (Å²) in [6.45, 7) is 2.44. The molecule has 0 amide bonds. The SMILES string of the molecule is CC(CCl)CSc1nccc2cc3c(cc12)OCO3. The molecule has 2 aromatic rings. The van der Waals surface area contributed by atoms with E-state index >= 15 is 0 Å². The van der Waals surface area contributed by atoms with E-state index < -0.39 is 0 Å². The van der Waals surface area contributed by atoms with Gasteiger partial charge in [0.25, 0.3) is 0 Å². The molecule has 1 atom stereocenters. The van der Waals surface area contributed by atoms with Gasteiger partial charge in [-0.2, -0.15) is 0 Å². The minimum absolute atomic E-state index is 0.296. The predicted molar refractivity (Wildman–Crippen MR) is 78.5 cm³/mol. The first-order valence-corrected chi connectivity index (χ1v) is 7.67. The first-order valence-electron chi connectivity index (χ1n) is 6.15. The first-order chi connectivity index (χ1) is 9.28. The number of alkyl halides is 1. The number of ether oxygens (including phenoxy) is 2. The van der Waals surface area contributed by atoms with Gasteiger partial charge in [0.1, 0.15) is 5.03 Å². The summed E-state index contributed by atoms with van der Waals surface area (Å²) in [7, 11) is 0. The Bertz CT molecular complexity index is 605. The molecule has 1 unspecified atom stereocenters. The van der Waals surface area contributed by atoms with Gasteiger partial charge < -0.3 is 9.47 Å². The van der Waals surface area contributed by atoms with Crippen LogP contribution in [0, 0.1) is 5.92 Å². The van der Waals surface area contributed by atoms with Crippen LogP contribution in [0.3, 0.4) is 0 Å². The highest BCUT2D eigenvalue weighted by atomic mass is 35.5. The molecule has 0 N–H and O–H groups in total. The topological polar surface area (TPSA) is 31.4 Å². The van der Waals surface area contributed by atoms with Gasteiger partial charge in [-0.15, -0.1) is 23.4 Å². The fourth-order valence-electron chi connectivity index (χ4n) is 1.92. The molecule has 1 aromatic carbocycles. The van der Waals surface area contributed by atoms with Crippen molar-refractivity contribution >= 4 is 34.1 Å². The molecule has 0 radical (unpaired) electrons. The van der Waals surface area contributed by atoms with E-state index in [4.69, 9.17) is 21.1 Å². The Morgan fingerprint density at radius 1 is 1.37 bits per heavy atom. The van der Waals surface area contributed by atoms with Gasteiger partial charge in [-0.1, -0.05) is 6.92 Å². The highest BCUT2D eigenvalue weighted by Crippen LogP contribution is 2.38. The first kappa shape index (κ1) is 12.9. The van der Waals surface area contributed by atoms with Crippen LogP contribution in [0.15, 0.2) is 29.4 Å². The minimum atomic E-state index is 0.296. The van der Waals surface area contributed by atoms with Gasteiger partial charge in [0.2, 0.25) is 6.79 Å². The highest BCUT2D eigenvalue weighted by molar-refractivity contribution is 7.99. The Morgan fingerprint density at radius 2 is 2.16 bits per heavy atom. The molecule has 1 aromatic heterocycles. The van der Waals surface area contributed by atoms with Crippen LogP contribution >= 0.6 is 23.4 Å². The fraction of sp³-hybridized carbons (Fsp3) is 0.357. The van der Waals surface area contributed by atoms with Crippen molar-refractivity contribution < 1.29 is 9.47 Å². The van der Waals surface area contributed by atoms with E-state index in [9.17, 15) is 0 Å². The Kier molecular flexibility index (Phi) is 3.71. The average Bonchev–Trinajstić information content (AvgIpc) is 2.89. The molecule has 0 spiro atoms. The molecule has 2 heterocycles. The number of nitrogens with zero attached hydrogens (tertiary/aromatic N) is 1. The Balaban J connectivity index is 1.96. The second kappa shape index (κ2) is 5.47. The fourth-order valence-corrected chi connectivity index (χ4v) is 3.18. The third-order valence-electron chi connectivity index (χ3n) is 2.99. The zero-order chi connectivity index (χ0) is 13.2. The second-order valence-corrected chi connectivity index (χ2v) is 5.93. The zero-order valence-corrected chi connectivity index (χ0v) is 12.1. The maximum absolute atomic E-state index is 5.84. The van der Waals surface area contributed by atoms with E-state index in [-0.39, 0.29) is 0 Å². The Labute approximate surface area is 121 Å². The number of hydrogen-bond acceptors (Lipinski definition) is 4. The van der Waals surface area contributed by atoms with Gasteiger partial charge in [-0.3, -0.25) is 0 Å². The predicted octanol–water partition coefficient (Wildman–Crippen LogP) is 3.93. The largest absolute Gasteiger partial charge is 0.454 e. The summed E-state index contributed by atoms with van der Waals surface area (Å²) in [4.78, 5) is 4.46. The van der Waals surface area contributed by atoms with Crippen LogP contribution in [-0.2, 0) is 0 Å². The minimum Gasteiger partial charge on any atom is -0.454 e. The van der Waals surface area contributed by atoms with Crippen molar-refractivity contribution in [1.82, 2.24) is 4.98 Å². The van der Waals surface area contributed by atoms with Crippen molar-refractivity contribution in [3.05, 3.63) is 24.4 Å². The molecule has 1 aliphatic heterocycles. The van der Waals surface area contributed by atoms with Gasteiger partial charge in [-0.25, -0.2) is 4.98 Å². The number of aromatic nitrogens is 1. The zero-order valence-electron chi connectivity index (χ0n) is 10.6. The van der Waals surface area contributed by atoms with E-state index in [0.29, 0.717) is 18.6 Å². The molecule has 0 aliphatic carbocycles. The van der Waals surface area contributed by atoms with Crippen molar-refractivity contribution in [3.8, 4) is 11.5 Å². The van der Waals surface area contributed by atoms with Crippen LogP contribution in [0.25, 0.3) is 10.8 Å². The maximum Gasteiger partial charge on any atom is 0.231 e. The molecule has 5 heteroatoms. The molecule has 19 heavy (non-hydrogen) atoms. The van der Waals surface area contributed by atoms with E-state index in [0.717, 1.165) is 33.1 Å². The van der Waals surface area contributed by atoms with E-state index in [1.807, 2.05) is 24.4 Å². The molecule has 0 saturated heterocycles. The number of pyridine rings is 1. The van der Waals surface area contributed by atoms with Gasteiger partial charge in [0.15, 0.2) is 11.5 Å². The lowest BCUT2D eigenvalue weighted by molar-refractivity contribution is 0.174. The molecule has 0 bridgehead atoms. The lowest BCUT2D eigenvalue weighted by Gasteiger charge is -2.09. The van der Waals surface area contributed by atoms with Gasteiger partial charge in [-0.05, 0) is 29.5 Å². The van der Waals surface area contributed by atoms with Crippen molar-refractivity contribution in [2.24, 2.45) is 5.92 Å². The number of hydrogen-bond donors (Lipinski definition) is 0. The number of thioether (sulfide) groups is 1. The standard InChI is InChI=1S/C14H14ClNO2S/c1-9(6-15)7-19-14-11-5-13-12(17-8-18-13)4-10(11)2-3-16-14/h2-5,9H,6-8H2,1H3. The molecular weight excluding hydrogens is 282 g/mol. The lowest BCUT2D eigenvalue weighted by atomic mass is 10.1. The molecule has 1 aliphatic rings. The van der Waals surface area contributed by atoms with Crippen LogP contribution in [0.5, 0.6) is 11.5 Å². The van der Waals surface area contributed by atoms with Crippen LogP contribution in [0.1, 0.15) is 6.92 Å². The van der Waals surface area contributed by atoms with Crippen LogP contribution in [-0.4, -0.2) is 23.4 Å². The summed E-state index contributed by atoms with van der Waals surface area (Å²) in [6.07, 6.45) is 1.83. The van der Waals surface area contributed by atoms with E-state index in [2.05, 4.69) is 11.9 Å². The van der Waals surface area contributed by atoms with Gasteiger partial charge >= 0.3 is 0 Å². The molecule has 3 nitrogen and oxygen atoms in total. The van der Waals surface area contributed by atoms with Crippen LogP contribution in [0.4, 0.5) is 0 Å². The third-order valence-corrected chi connectivity index (χ3v) is 4.85. The van der Waals surface area contributed by atoms with Gasteiger partial charge in [0, 0.05) is 23.2 Å². The van der Waals surface area contributed by atoms with E-state index in [1.165, 1.54) is 0 Å². The monoisotopic (exact) mass is 295 g/mol. The van der Waals surface area contributed by atoms with Crippen molar-refractivity contribution in [2.45, 2.75) is 11.9 Å². The van der Waals surface area contributed by atoms with Crippen molar-refractivity contribution in [2.75, 3.05) is 18.4 Å². The summed E-state index contributed by atoms with van der Waals surface area (Å²) >= 11 is 7.58. The van der Waals surface area contributed by atoms with Crippen LogP contribution < -0.4 is 9.47 Å².